The number of sulfone groups is 1. The van der Waals surface area contributed by atoms with Crippen LogP contribution in [0.1, 0.15) is 22.3 Å². The maximum Gasteiger partial charge on any atom is 0.335 e. The first-order valence-corrected chi connectivity index (χ1v) is 8.55. The van der Waals surface area contributed by atoms with Crippen molar-refractivity contribution in [3.05, 3.63) is 29.3 Å². The smallest absolute Gasteiger partial charge is 0.335 e. The first-order valence-electron chi connectivity index (χ1n) is 6.73. The van der Waals surface area contributed by atoms with Crippen LogP contribution in [0.3, 0.4) is 0 Å². The van der Waals surface area contributed by atoms with E-state index < -0.39 is 21.7 Å². The van der Waals surface area contributed by atoms with E-state index in [1.807, 2.05) is 0 Å². The van der Waals surface area contributed by atoms with E-state index in [1.165, 1.54) is 12.1 Å². The van der Waals surface area contributed by atoms with Crippen LogP contribution in [0.2, 0.25) is 0 Å². The number of aromatic carboxylic acids is 1. The van der Waals surface area contributed by atoms with Gasteiger partial charge in [-0.2, -0.15) is 0 Å². The van der Waals surface area contributed by atoms with E-state index in [0.29, 0.717) is 17.7 Å². The van der Waals surface area contributed by atoms with Crippen LogP contribution in [-0.2, 0) is 14.6 Å². The molecule has 0 spiro atoms. The van der Waals surface area contributed by atoms with Gasteiger partial charge in [-0.05, 0) is 31.0 Å². The lowest BCUT2D eigenvalue weighted by Gasteiger charge is -2.13. The molecule has 7 nitrogen and oxygen atoms in total. The highest BCUT2D eigenvalue weighted by molar-refractivity contribution is 7.91. The highest BCUT2D eigenvalue weighted by atomic mass is 32.2. The summed E-state index contributed by atoms with van der Waals surface area (Å²) in [6.07, 6.45) is 0.404. The molecular formula is C14H17NO6S. The van der Waals surface area contributed by atoms with Crippen molar-refractivity contribution in [2.75, 3.05) is 18.1 Å². The van der Waals surface area contributed by atoms with Gasteiger partial charge in [-0.15, -0.1) is 0 Å². The number of nitrogens with one attached hydrogen (secondary N) is 1. The van der Waals surface area contributed by atoms with Crippen molar-refractivity contribution in [3.8, 4) is 5.75 Å². The van der Waals surface area contributed by atoms with E-state index in [4.69, 9.17) is 9.84 Å². The number of hydrogen-bond acceptors (Lipinski definition) is 5. The Morgan fingerprint density at radius 3 is 2.73 bits per heavy atom. The highest BCUT2D eigenvalue weighted by Gasteiger charge is 2.28. The van der Waals surface area contributed by atoms with Gasteiger partial charge >= 0.3 is 5.97 Å². The van der Waals surface area contributed by atoms with Gasteiger partial charge in [0.15, 0.2) is 16.4 Å². The Bertz CT molecular complexity index is 697. The molecular weight excluding hydrogens is 310 g/mol. The van der Waals surface area contributed by atoms with Gasteiger partial charge in [-0.3, -0.25) is 4.79 Å². The lowest BCUT2D eigenvalue weighted by molar-refractivity contribution is -0.123. The fourth-order valence-electron chi connectivity index (χ4n) is 2.21. The number of rotatable bonds is 5. The Kier molecular flexibility index (Phi) is 4.70. The summed E-state index contributed by atoms with van der Waals surface area (Å²) in [5.74, 6) is -1.16. The van der Waals surface area contributed by atoms with Gasteiger partial charge in [0.05, 0.1) is 17.1 Å². The second kappa shape index (κ2) is 6.35. The van der Waals surface area contributed by atoms with Crippen molar-refractivity contribution >= 4 is 21.7 Å². The molecule has 1 aliphatic rings. The van der Waals surface area contributed by atoms with Crippen molar-refractivity contribution < 1.29 is 27.9 Å². The molecule has 0 radical (unpaired) electrons. The predicted molar refractivity (Wildman–Crippen MR) is 78.8 cm³/mol. The topological polar surface area (TPSA) is 110 Å². The molecule has 1 atom stereocenters. The molecule has 2 rings (SSSR count). The number of benzene rings is 1. The average Bonchev–Trinajstić information content (AvgIpc) is 2.76. The second-order valence-corrected chi connectivity index (χ2v) is 7.47. The number of carboxylic acid groups (broad SMARTS) is 1. The Labute approximate surface area is 128 Å². The fourth-order valence-corrected chi connectivity index (χ4v) is 3.88. The van der Waals surface area contributed by atoms with Gasteiger partial charge in [0, 0.05) is 6.04 Å². The summed E-state index contributed by atoms with van der Waals surface area (Å²) in [5.41, 5.74) is 0.782. The quantitative estimate of drug-likeness (QED) is 0.809. The molecule has 0 bridgehead atoms. The summed E-state index contributed by atoms with van der Waals surface area (Å²) in [4.78, 5) is 22.7. The second-order valence-electron chi connectivity index (χ2n) is 5.24. The van der Waals surface area contributed by atoms with E-state index in [1.54, 1.807) is 13.0 Å². The fraction of sp³-hybridized carbons (Fsp3) is 0.429. The van der Waals surface area contributed by atoms with Crippen LogP contribution < -0.4 is 10.1 Å². The van der Waals surface area contributed by atoms with Gasteiger partial charge in [-0.1, -0.05) is 6.07 Å². The molecule has 8 heteroatoms. The number of carbonyl (C=O) groups is 2. The van der Waals surface area contributed by atoms with Crippen molar-refractivity contribution in [3.63, 3.8) is 0 Å². The lowest BCUT2D eigenvalue weighted by atomic mass is 10.1. The molecule has 0 aromatic heterocycles. The largest absolute Gasteiger partial charge is 0.483 e. The molecule has 0 saturated carbocycles. The van der Waals surface area contributed by atoms with Crippen molar-refractivity contribution in [2.45, 2.75) is 19.4 Å². The van der Waals surface area contributed by atoms with Crippen LogP contribution in [0.25, 0.3) is 0 Å². The zero-order valence-corrected chi connectivity index (χ0v) is 12.9. The van der Waals surface area contributed by atoms with Crippen molar-refractivity contribution in [1.29, 1.82) is 0 Å². The molecule has 1 fully saturated rings. The van der Waals surface area contributed by atoms with Crippen LogP contribution in [0.15, 0.2) is 18.2 Å². The Morgan fingerprint density at radius 2 is 2.14 bits per heavy atom. The minimum atomic E-state index is -3.05. The van der Waals surface area contributed by atoms with Crippen LogP contribution in [0.4, 0.5) is 0 Å². The number of amides is 1. The molecule has 1 saturated heterocycles. The third-order valence-electron chi connectivity index (χ3n) is 3.39. The number of aryl methyl sites for hydroxylation is 1. The van der Waals surface area contributed by atoms with Crippen molar-refractivity contribution in [2.24, 2.45) is 0 Å². The standard InChI is InChI=1S/C14H17NO6S/c1-9-2-3-10(14(17)18)6-12(9)21-7-13(16)15-11-4-5-22(19,20)8-11/h2-3,6,11H,4-5,7-8H2,1H3,(H,15,16)(H,17,18)/t11-/m0/s1. The van der Waals surface area contributed by atoms with Crippen LogP contribution in [0, 0.1) is 6.92 Å². The molecule has 2 N–H and O–H groups in total. The first-order chi connectivity index (χ1) is 10.3. The number of carbonyl (C=O) groups excluding carboxylic acids is 1. The zero-order valence-electron chi connectivity index (χ0n) is 12.0. The van der Waals surface area contributed by atoms with Crippen molar-refractivity contribution in [1.82, 2.24) is 5.32 Å². The minimum absolute atomic E-state index is 0.0493. The van der Waals surface area contributed by atoms with Gasteiger partial charge in [0.2, 0.25) is 0 Å². The Balaban J connectivity index is 1.91. The Hall–Kier alpha value is -2.09. The molecule has 0 unspecified atom stereocenters. The zero-order chi connectivity index (χ0) is 16.3. The van der Waals surface area contributed by atoms with E-state index in [0.717, 1.165) is 0 Å². The molecule has 1 aromatic rings. The van der Waals surface area contributed by atoms with Gasteiger partial charge in [-0.25, -0.2) is 13.2 Å². The molecule has 22 heavy (non-hydrogen) atoms. The maximum atomic E-state index is 11.8. The van der Waals surface area contributed by atoms with Crippen LogP contribution in [-0.4, -0.2) is 49.6 Å². The highest BCUT2D eigenvalue weighted by Crippen LogP contribution is 2.19. The van der Waals surface area contributed by atoms with E-state index in [9.17, 15) is 18.0 Å². The average molecular weight is 327 g/mol. The third-order valence-corrected chi connectivity index (χ3v) is 5.16. The Morgan fingerprint density at radius 1 is 1.41 bits per heavy atom. The number of hydrogen-bond donors (Lipinski definition) is 2. The monoisotopic (exact) mass is 327 g/mol. The maximum absolute atomic E-state index is 11.8. The predicted octanol–water partition coefficient (Wildman–Crippen LogP) is 0.375. The molecule has 1 amide bonds. The lowest BCUT2D eigenvalue weighted by Crippen LogP contribution is -2.38. The molecule has 1 aromatic carbocycles. The third kappa shape index (κ3) is 4.20. The van der Waals surface area contributed by atoms with E-state index in [-0.39, 0.29) is 29.7 Å². The first kappa shape index (κ1) is 16.3. The summed E-state index contributed by atoms with van der Waals surface area (Å²) in [7, 11) is -3.05. The molecule has 0 aliphatic carbocycles. The summed E-state index contributed by atoms with van der Waals surface area (Å²) < 4.78 is 27.9. The van der Waals surface area contributed by atoms with E-state index >= 15 is 0 Å². The number of ether oxygens (including phenoxy) is 1. The SMILES string of the molecule is Cc1ccc(C(=O)O)cc1OCC(=O)N[C@H]1CCS(=O)(=O)C1. The van der Waals surface area contributed by atoms with Gasteiger partial charge in [0.1, 0.15) is 5.75 Å². The normalized spacial score (nSPS) is 19.6. The van der Waals surface area contributed by atoms with Gasteiger partial charge in [0.25, 0.3) is 5.91 Å². The molecule has 120 valence electrons. The van der Waals surface area contributed by atoms with E-state index in [2.05, 4.69) is 5.32 Å². The van der Waals surface area contributed by atoms with Crippen LogP contribution in [0.5, 0.6) is 5.75 Å². The summed E-state index contributed by atoms with van der Waals surface area (Å²) in [6, 6.07) is 4.02. The summed E-state index contributed by atoms with van der Waals surface area (Å²) >= 11 is 0. The van der Waals surface area contributed by atoms with Crippen LogP contribution >= 0.6 is 0 Å². The molecule has 1 heterocycles. The number of carboxylic acids is 1. The summed E-state index contributed by atoms with van der Waals surface area (Å²) in [6.45, 7) is 1.45. The minimum Gasteiger partial charge on any atom is -0.483 e. The summed E-state index contributed by atoms with van der Waals surface area (Å²) in [5, 5.41) is 11.5. The molecule has 1 aliphatic heterocycles. The van der Waals surface area contributed by atoms with Gasteiger partial charge < -0.3 is 15.2 Å².